The van der Waals surface area contributed by atoms with Crippen LogP contribution in [0.5, 0.6) is 0 Å². The van der Waals surface area contributed by atoms with Crippen molar-refractivity contribution >= 4 is 15.9 Å². The van der Waals surface area contributed by atoms with E-state index in [4.69, 9.17) is 9.47 Å². The molecule has 0 heterocycles. The molecule has 0 aliphatic carbocycles. The Morgan fingerprint density at radius 1 is 1.29 bits per heavy atom. The van der Waals surface area contributed by atoms with Crippen LogP contribution in [0.4, 0.5) is 0 Å². The fraction of sp³-hybridized carbons (Fsp3) is 0.429. The molecule has 94 valence electrons. The van der Waals surface area contributed by atoms with Crippen molar-refractivity contribution in [3.05, 3.63) is 46.5 Å². The molecular weight excluding hydrogens is 280 g/mol. The first kappa shape index (κ1) is 14.4. The molecule has 0 atom stereocenters. The number of benzene rings is 1. The Bertz CT molecular complexity index is 357. The molecule has 0 aliphatic heterocycles. The van der Waals surface area contributed by atoms with Crippen LogP contribution in [0.25, 0.3) is 0 Å². The van der Waals surface area contributed by atoms with Gasteiger partial charge in [0.1, 0.15) is 0 Å². The van der Waals surface area contributed by atoms with Crippen LogP contribution in [0.3, 0.4) is 0 Å². The van der Waals surface area contributed by atoms with E-state index in [1.54, 1.807) is 0 Å². The van der Waals surface area contributed by atoms with Crippen molar-refractivity contribution < 1.29 is 9.47 Å². The van der Waals surface area contributed by atoms with E-state index in [0.717, 1.165) is 16.5 Å². The Morgan fingerprint density at radius 2 is 1.94 bits per heavy atom. The van der Waals surface area contributed by atoms with Gasteiger partial charge in [-0.25, -0.2) is 0 Å². The Balaban J connectivity index is 3.07. The smallest absolute Gasteiger partial charge is 0.184 e. The predicted octanol–water partition coefficient (Wildman–Crippen LogP) is 4.25. The number of ether oxygens (including phenoxy) is 2. The fourth-order valence-electron chi connectivity index (χ4n) is 1.69. The standard InChI is InChI=1S/C14H19BrO2/c1-4-8-11-12(9-7-10-13(11)15)14(16-5-2)17-6-3/h4,7,9-10,14H,1,5-6,8H2,2-3H3. The lowest BCUT2D eigenvalue weighted by Gasteiger charge is -2.20. The summed E-state index contributed by atoms with van der Waals surface area (Å²) in [6.07, 6.45) is 2.39. The number of halogens is 1. The van der Waals surface area contributed by atoms with Crippen LogP contribution in [0.2, 0.25) is 0 Å². The third kappa shape index (κ3) is 3.95. The average molecular weight is 299 g/mol. The number of hydrogen-bond donors (Lipinski definition) is 0. The predicted molar refractivity (Wildman–Crippen MR) is 74.0 cm³/mol. The molecule has 0 spiro atoms. The second-order valence-corrected chi connectivity index (χ2v) is 4.40. The van der Waals surface area contributed by atoms with Crippen molar-refractivity contribution in [2.45, 2.75) is 26.6 Å². The SMILES string of the molecule is C=CCc1c(Br)cccc1C(OCC)OCC. The van der Waals surface area contributed by atoms with Crippen molar-refractivity contribution in [3.63, 3.8) is 0 Å². The van der Waals surface area contributed by atoms with E-state index in [9.17, 15) is 0 Å². The topological polar surface area (TPSA) is 18.5 Å². The second-order valence-electron chi connectivity index (χ2n) is 3.54. The molecular formula is C14H19BrO2. The van der Waals surface area contributed by atoms with Crippen LogP contribution in [0.1, 0.15) is 31.3 Å². The molecule has 3 heteroatoms. The molecule has 0 radical (unpaired) electrons. The van der Waals surface area contributed by atoms with Gasteiger partial charge in [0, 0.05) is 23.2 Å². The van der Waals surface area contributed by atoms with Crippen molar-refractivity contribution in [1.29, 1.82) is 0 Å². The van der Waals surface area contributed by atoms with E-state index in [1.165, 1.54) is 5.56 Å². The molecule has 0 saturated carbocycles. The highest BCUT2D eigenvalue weighted by Crippen LogP contribution is 2.29. The maximum absolute atomic E-state index is 5.63. The highest BCUT2D eigenvalue weighted by Gasteiger charge is 2.16. The Kier molecular flexibility index (Phi) is 6.48. The van der Waals surface area contributed by atoms with Crippen LogP contribution >= 0.6 is 15.9 Å². The number of rotatable bonds is 7. The van der Waals surface area contributed by atoms with Crippen molar-refractivity contribution in [2.24, 2.45) is 0 Å². The van der Waals surface area contributed by atoms with Gasteiger partial charge in [-0.15, -0.1) is 6.58 Å². The lowest BCUT2D eigenvalue weighted by Crippen LogP contribution is -2.11. The summed E-state index contributed by atoms with van der Waals surface area (Å²) in [4.78, 5) is 0. The first-order chi connectivity index (χ1) is 8.24. The van der Waals surface area contributed by atoms with Gasteiger partial charge in [0.05, 0.1) is 0 Å². The number of hydrogen-bond acceptors (Lipinski definition) is 2. The van der Waals surface area contributed by atoms with Crippen LogP contribution in [0, 0.1) is 0 Å². The normalized spacial score (nSPS) is 10.8. The minimum Gasteiger partial charge on any atom is -0.349 e. The molecule has 0 N–H and O–H groups in total. The molecule has 0 saturated heterocycles. The lowest BCUT2D eigenvalue weighted by atomic mass is 10.0. The summed E-state index contributed by atoms with van der Waals surface area (Å²) in [6, 6.07) is 6.06. The van der Waals surface area contributed by atoms with E-state index in [0.29, 0.717) is 13.2 Å². The largest absolute Gasteiger partial charge is 0.349 e. The lowest BCUT2D eigenvalue weighted by molar-refractivity contribution is -0.140. The molecule has 0 amide bonds. The van der Waals surface area contributed by atoms with Crippen LogP contribution in [0.15, 0.2) is 35.3 Å². The van der Waals surface area contributed by atoms with Crippen molar-refractivity contribution in [3.8, 4) is 0 Å². The zero-order valence-electron chi connectivity index (χ0n) is 10.4. The maximum atomic E-state index is 5.63. The maximum Gasteiger partial charge on any atom is 0.184 e. The minimum atomic E-state index is -0.294. The summed E-state index contributed by atoms with van der Waals surface area (Å²) in [5.41, 5.74) is 2.25. The molecule has 1 aromatic rings. The molecule has 0 bridgehead atoms. The minimum absolute atomic E-state index is 0.294. The summed E-state index contributed by atoms with van der Waals surface area (Å²) in [6.45, 7) is 8.99. The van der Waals surface area contributed by atoms with Gasteiger partial charge in [0.15, 0.2) is 6.29 Å². The molecule has 1 aromatic carbocycles. The summed E-state index contributed by atoms with van der Waals surface area (Å²) in [7, 11) is 0. The van der Waals surface area contributed by atoms with Gasteiger partial charge < -0.3 is 9.47 Å². The van der Waals surface area contributed by atoms with E-state index in [2.05, 4.69) is 22.5 Å². The van der Waals surface area contributed by atoms with E-state index in [-0.39, 0.29) is 6.29 Å². The summed E-state index contributed by atoms with van der Waals surface area (Å²) in [5.74, 6) is 0. The third-order valence-corrected chi connectivity index (χ3v) is 3.14. The Morgan fingerprint density at radius 3 is 2.47 bits per heavy atom. The van der Waals surface area contributed by atoms with E-state index >= 15 is 0 Å². The second kappa shape index (κ2) is 7.64. The molecule has 0 unspecified atom stereocenters. The van der Waals surface area contributed by atoms with E-state index in [1.807, 2.05) is 38.1 Å². The first-order valence-electron chi connectivity index (χ1n) is 5.85. The highest BCUT2D eigenvalue weighted by atomic mass is 79.9. The van der Waals surface area contributed by atoms with Gasteiger partial charge >= 0.3 is 0 Å². The van der Waals surface area contributed by atoms with Gasteiger partial charge in [-0.3, -0.25) is 0 Å². The molecule has 0 aromatic heterocycles. The molecule has 17 heavy (non-hydrogen) atoms. The van der Waals surface area contributed by atoms with Gasteiger partial charge in [-0.1, -0.05) is 34.1 Å². The fourth-order valence-corrected chi connectivity index (χ4v) is 2.23. The molecule has 0 aliphatic rings. The number of allylic oxidation sites excluding steroid dienone is 1. The zero-order valence-corrected chi connectivity index (χ0v) is 12.0. The average Bonchev–Trinajstić information content (AvgIpc) is 2.32. The third-order valence-electron chi connectivity index (χ3n) is 2.39. The van der Waals surface area contributed by atoms with Gasteiger partial charge in [-0.2, -0.15) is 0 Å². The zero-order chi connectivity index (χ0) is 12.7. The summed E-state index contributed by atoms with van der Waals surface area (Å²) < 4.78 is 12.3. The van der Waals surface area contributed by atoms with Crippen LogP contribution in [-0.2, 0) is 15.9 Å². The summed E-state index contributed by atoms with van der Waals surface area (Å²) in [5, 5.41) is 0. The molecule has 0 fully saturated rings. The van der Waals surface area contributed by atoms with Gasteiger partial charge in [-0.05, 0) is 31.9 Å². The first-order valence-corrected chi connectivity index (χ1v) is 6.65. The monoisotopic (exact) mass is 298 g/mol. The van der Waals surface area contributed by atoms with Crippen LogP contribution < -0.4 is 0 Å². The van der Waals surface area contributed by atoms with Gasteiger partial charge in [0.25, 0.3) is 0 Å². The van der Waals surface area contributed by atoms with Crippen molar-refractivity contribution in [1.82, 2.24) is 0 Å². The Hall–Kier alpha value is -0.640. The molecule has 1 rings (SSSR count). The van der Waals surface area contributed by atoms with E-state index < -0.39 is 0 Å². The quantitative estimate of drug-likeness (QED) is 0.553. The van der Waals surface area contributed by atoms with Crippen molar-refractivity contribution in [2.75, 3.05) is 13.2 Å². The summed E-state index contributed by atoms with van der Waals surface area (Å²) >= 11 is 3.56. The Labute approximate surface area is 112 Å². The van der Waals surface area contributed by atoms with Gasteiger partial charge in [0.2, 0.25) is 0 Å². The highest BCUT2D eigenvalue weighted by molar-refractivity contribution is 9.10. The van der Waals surface area contributed by atoms with Crippen LogP contribution in [-0.4, -0.2) is 13.2 Å². The molecule has 2 nitrogen and oxygen atoms in total.